The van der Waals surface area contributed by atoms with Crippen LogP contribution in [0.2, 0.25) is 0 Å². The molecular weight excluding hydrogens is 238 g/mol. The number of aliphatic carboxylic acids is 1. The summed E-state index contributed by atoms with van der Waals surface area (Å²) < 4.78 is 5.32. The van der Waals surface area contributed by atoms with E-state index in [1.807, 2.05) is 30.0 Å². The smallest absolute Gasteiger partial charge is 0.323 e. The van der Waals surface area contributed by atoms with Crippen molar-refractivity contribution in [3.8, 4) is 5.75 Å². The molecule has 0 saturated heterocycles. The molecule has 0 spiro atoms. The lowest BCUT2D eigenvalue weighted by Crippen LogP contribution is -2.41. The third-order valence-electron chi connectivity index (χ3n) is 2.79. The Kier molecular flexibility index (Phi) is 3.47. The van der Waals surface area contributed by atoms with Crippen molar-refractivity contribution in [1.82, 2.24) is 0 Å². The topological polar surface area (TPSA) is 49.8 Å². The number of carbonyl (C=O) groups is 1. The molecule has 0 bridgehead atoms. The molecule has 0 aliphatic carbocycles. The van der Waals surface area contributed by atoms with Gasteiger partial charge < -0.3 is 14.7 Å². The van der Waals surface area contributed by atoms with Crippen molar-refractivity contribution >= 4 is 23.4 Å². The molecule has 5 heteroatoms. The highest BCUT2D eigenvalue weighted by Crippen LogP contribution is 2.43. The van der Waals surface area contributed by atoms with Gasteiger partial charge in [0.25, 0.3) is 0 Å². The van der Waals surface area contributed by atoms with E-state index in [-0.39, 0.29) is 12.6 Å². The molecule has 1 N–H and O–H groups in total. The van der Waals surface area contributed by atoms with E-state index in [2.05, 4.69) is 0 Å². The first kappa shape index (κ1) is 12.1. The van der Waals surface area contributed by atoms with Gasteiger partial charge in [-0.15, -0.1) is 11.8 Å². The molecule has 0 amide bonds. The quantitative estimate of drug-likeness (QED) is 0.893. The van der Waals surface area contributed by atoms with Crippen LogP contribution in [0.4, 0.5) is 5.69 Å². The van der Waals surface area contributed by atoms with Gasteiger partial charge >= 0.3 is 5.97 Å². The van der Waals surface area contributed by atoms with E-state index in [1.165, 1.54) is 0 Å². The van der Waals surface area contributed by atoms with Crippen LogP contribution in [0.25, 0.3) is 0 Å². The van der Waals surface area contributed by atoms with E-state index in [4.69, 9.17) is 9.84 Å². The number of thioether (sulfide) groups is 1. The third kappa shape index (κ3) is 2.34. The second kappa shape index (κ2) is 4.87. The van der Waals surface area contributed by atoms with Gasteiger partial charge in [0.1, 0.15) is 12.3 Å². The Morgan fingerprint density at radius 1 is 1.65 bits per heavy atom. The molecule has 1 aromatic carbocycles. The normalized spacial score (nSPS) is 18.7. The minimum atomic E-state index is -0.819. The first-order chi connectivity index (χ1) is 8.13. The van der Waals surface area contributed by atoms with Crippen molar-refractivity contribution in [3.63, 3.8) is 0 Å². The molecule has 1 aromatic rings. The van der Waals surface area contributed by atoms with Crippen molar-refractivity contribution in [3.05, 3.63) is 18.2 Å². The Labute approximate surface area is 105 Å². The summed E-state index contributed by atoms with van der Waals surface area (Å²) in [6, 6.07) is 6.00. The fraction of sp³-hybridized carbons (Fsp3) is 0.417. The van der Waals surface area contributed by atoms with Gasteiger partial charge in [0.15, 0.2) is 0 Å². The predicted molar refractivity (Wildman–Crippen MR) is 68.2 cm³/mol. The molecule has 0 saturated carbocycles. The van der Waals surface area contributed by atoms with Crippen LogP contribution in [0.1, 0.15) is 6.92 Å². The van der Waals surface area contributed by atoms with Crippen LogP contribution >= 0.6 is 11.8 Å². The fourth-order valence-corrected chi connectivity index (χ4v) is 3.10. The van der Waals surface area contributed by atoms with E-state index in [9.17, 15) is 4.79 Å². The van der Waals surface area contributed by atoms with Crippen LogP contribution in [0.5, 0.6) is 5.75 Å². The SMILES string of the molecule is COc1cccc2c1N(CC(=O)O)C(C)CS2. The Hall–Kier alpha value is -1.36. The van der Waals surface area contributed by atoms with Gasteiger partial charge in [-0.25, -0.2) is 0 Å². The summed E-state index contributed by atoms with van der Waals surface area (Å²) in [5, 5.41) is 8.98. The minimum Gasteiger partial charge on any atom is -0.495 e. The first-order valence-corrected chi connectivity index (χ1v) is 6.40. The molecule has 1 heterocycles. The Morgan fingerprint density at radius 3 is 3.06 bits per heavy atom. The van der Waals surface area contributed by atoms with Crippen molar-refractivity contribution in [2.24, 2.45) is 0 Å². The molecule has 0 fully saturated rings. The molecule has 1 aliphatic heterocycles. The van der Waals surface area contributed by atoms with Crippen LogP contribution < -0.4 is 9.64 Å². The first-order valence-electron chi connectivity index (χ1n) is 5.41. The number of nitrogens with zero attached hydrogens (tertiary/aromatic N) is 1. The molecule has 17 heavy (non-hydrogen) atoms. The van der Waals surface area contributed by atoms with Gasteiger partial charge in [0.05, 0.1) is 12.8 Å². The second-order valence-corrected chi connectivity index (χ2v) is 5.05. The minimum absolute atomic E-state index is 0.00903. The maximum Gasteiger partial charge on any atom is 0.323 e. The molecule has 2 rings (SSSR count). The van der Waals surface area contributed by atoms with Gasteiger partial charge in [0.2, 0.25) is 0 Å². The molecule has 4 nitrogen and oxygen atoms in total. The van der Waals surface area contributed by atoms with E-state index in [0.29, 0.717) is 0 Å². The lowest BCUT2D eigenvalue weighted by atomic mass is 10.2. The third-order valence-corrected chi connectivity index (χ3v) is 4.08. The number of para-hydroxylation sites is 1. The standard InChI is InChI=1S/C12H15NO3S/c1-8-7-17-10-5-3-4-9(16-2)12(10)13(8)6-11(14)15/h3-5,8H,6-7H2,1-2H3,(H,14,15). The van der Waals surface area contributed by atoms with Crippen molar-refractivity contribution in [2.75, 3.05) is 24.3 Å². The van der Waals surface area contributed by atoms with Gasteiger partial charge in [-0.2, -0.15) is 0 Å². The van der Waals surface area contributed by atoms with Crippen LogP contribution in [0, 0.1) is 0 Å². The fourth-order valence-electron chi connectivity index (χ4n) is 1.97. The molecule has 1 aliphatic rings. The van der Waals surface area contributed by atoms with Gasteiger partial charge in [-0.1, -0.05) is 6.07 Å². The maximum absolute atomic E-state index is 10.9. The van der Waals surface area contributed by atoms with Crippen molar-refractivity contribution in [2.45, 2.75) is 17.9 Å². The lowest BCUT2D eigenvalue weighted by Gasteiger charge is -2.36. The molecule has 1 unspecified atom stereocenters. The largest absolute Gasteiger partial charge is 0.495 e. The Morgan fingerprint density at radius 2 is 2.41 bits per heavy atom. The van der Waals surface area contributed by atoms with Crippen LogP contribution in [0.3, 0.4) is 0 Å². The number of carboxylic acid groups (broad SMARTS) is 1. The van der Waals surface area contributed by atoms with E-state index >= 15 is 0 Å². The van der Waals surface area contributed by atoms with E-state index in [0.717, 1.165) is 22.1 Å². The molecular formula is C12H15NO3S. The highest BCUT2D eigenvalue weighted by atomic mass is 32.2. The molecule has 0 aromatic heterocycles. The van der Waals surface area contributed by atoms with E-state index < -0.39 is 5.97 Å². The van der Waals surface area contributed by atoms with Gasteiger partial charge in [-0.3, -0.25) is 4.79 Å². The van der Waals surface area contributed by atoms with Crippen LogP contribution in [0.15, 0.2) is 23.1 Å². The summed E-state index contributed by atoms with van der Waals surface area (Å²) in [4.78, 5) is 13.9. The number of hydrogen-bond acceptors (Lipinski definition) is 4. The highest BCUT2D eigenvalue weighted by Gasteiger charge is 2.28. The summed E-state index contributed by atoms with van der Waals surface area (Å²) in [7, 11) is 1.61. The van der Waals surface area contributed by atoms with Gasteiger partial charge in [-0.05, 0) is 19.1 Å². The number of fused-ring (bicyclic) bond motifs is 1. The maximum atomic E-state index is 10.9. The highest BCUT2D eigenvalue weighted by molar-refractivity contribution is 7.99. The van der Waals surface area contributed by atoms with Crippen LogP contribution in [-0.2, 0) is 4.79 Å². The average molecular weight is 253 g/mol. The zero-order valence-corrected chi connectivity index (χ0v) is 10.7. The molecule has 1 atom stereocenters. The zero-order chi connectivity index (χ0) is 12.4. The Bertz CT molecular complexity index is 422. The number of ether oxygens (including phenoxy) is 1. The summed E-state index contributed by atoms with van der Waals surface area (Å²) in [6.45, 7) is 2.04. The van der Waals surface area contributed by atoms with Crippen LogP contribution in [-0.4, -0.2) is 36.5 Å². The zero-order valence-electron chi connectivity index (χ0n) is 9.84. The number of anilines is 1. The van der Waals surface area contributed by atoms with Gasteiger partial charge in [0, 0.05) is 16.7 Å². The Balaban J connectivity index is 2.44. The lowest BCUT2D eigenvalue weighted by molar-refractivity contribution is -0.135. The number of hydrogen-bond donors (Lipinski definition) is 1. The predicted octanol–water partition coefficient (Wildman–Crippen LogP) is 2.08. The molecule has 92 valence electrons. The molecule has 0 radical (unpaired) electrons. The number of rotatable bonds is 3. The van der Waals surface area contributed by atoms with Crippen molar-refractivity contribution < 1.29 is 14.6 Å². The average Bonchev–Trinajstić information content (AvgIpc) is 2.31. The monoisotopic (exact) mass is 253 g/mol. The second-order valence-electron chi connectivity index (χ2n) is 3.99. The summed E-state index contributed by atoms with van der Waals surface area (Å²) in [5.74, 6) is 0.816. The number of carboxylic acids is 1. The summed E-state index contributed by atoms with van der Waals surface area (Å²) in [5.41, 5.74) is 0.904. The number of benzene rings is 1. The number of methoxy groups -OCH3 is 1. The van der Waals surface area contributed by atoms with Crippen molar-refractivity contribution in [1.29, 1.82) is 0 Å². The summed E-state index contributed by atoms with van der Waals surface area (Å²) >= 11 is 1.74. The van der Waals surface area contributed by atoms with E-state index in [1.54, 1.807) is 18.9 Å². The summed E-state index contributed by atoms with van der Waals surface area (Å²) in [6.07, 6.45) is 0.